The van der Waals surface area contributed by atoms with Gasteiger partial charge in [0.25, 0.3) is 0 Å². The van der Waals surface area contributed by atoms with Gasteiger partial charge in [0.2, 0.25) is 0 Å². The number of hydrogen-bond donors (Lipinski definition) is 3. The van der Waals surface area contributed by atoms with E-state index in [-0.39, 0.29) is 6.17 Å². The third-order valence-corrected chi connectivity index (χ3v) is 6.15. The summed E-state index contributed by atoms with van der Waals surface area (Å²) in [6.45, 7) is 1.10. The molecule has 3 atom stereocenters. The maximum Gasteiger partial charge on any atom is 0.188 e. The van der Waals surface area contributed by atoms with Crippen LogP contribution in [0.2, 0.25) is 0 Å². The Morgan fingerprint density at radius 1 is 0.926 bits per heavy atom. The zero-order valence-corrected chi connectivity index (χ0v) is 14.9. The fourth-order valence-electron chi connectivity index (χ4n) is 4.98. The normalized spacial score (nSPS) is 23.2. The molecular weight excluding hydrogens is 332 g/mol. The first kappa shape index (κ1) is 15.0. The van der Waals surface area contributed by atoms with Crippen molar-refractivity contribution in [3.63, 3.8) is 0 Å². The van der Waals surface area contributed by atoms with Crippen molar-refractivity contribution in [3.05, 3.63) is 95.4 Å². The van der Waals surface area contributed by atoms with E-state index in [1.54, 1.807) is 4.90 Å². The Labute approximate surface area is 157 Å². The Balaban J connectivity index is 1.58. The molecule has 0 saturated carbocycles. The number of fused-ring (bicyclic) bond motifs is 7. The van der Waals surface area contributed by atoms with Gasteiger partial charge in [-0.3, -0.25) is 4.98 Å². The second-order valence-electron chi connectivity index (χ2n) is 7.52. The van der Waals surface area contributed by atoms with Crippen molar-refractivity contribution >= 4 is 16.6 Å². The minimum atomic E-state index is 0.229. The summed E-state index contributed by atoms with van der Waals surface area (Å²) in [7, 11) is 0. The highest BCUT2D eigenvalue weighted by Gasteiger charge is 2.44. The number of benzene rings is 2. The number of rotatable bonds is 1. The zero-order valence-electron chi connectivity index (χ0n) is 14.9. The molecule has 3 N–H and O–H groups in total. The van der Waals surface area contributed by atoms with E-state index in [2.05, 4.69) is 75.9 Å². The van der Waals surface area contributed by atoms with Crippen LogP contribution in [0.3, 0.4) is 0 Å². The van der Waals surface area contributed by atoms with Crippen LogP contribution in [0.1, 0.15) is 34.6 Å². The van der Waals surface area contributed by atoms with Crippen LogP contribution in [0, 0.1) is 0 Å². The fourth-order valence-corrected chi connectivity index (χ4v) is 4.98. The maximum absolute atomic E-state index is 4.21. The Morgan fingerprint density at radius 2 is 1.74 bits per heavy atom. The molecule has 1 unspecified atom stereocenters. The quantitative estimate of drug-likeness (QED) is 0.492. The van der Waals surface area contributed by atoms with Crippen molar-refractivity contribution in [3.8, 4) is 0 Å². The summed E-state index contributed by atoms with van der Waals surface area (Å²) in [6, 6.07) is 22.1. The number of hydrogen-bond acceptors (Lipinski definition) is 2. The van der Waals surface area contributed by atoms with Gasteiger partial charge >= 0.3 is 0 Å². The Morgan fingerprint density at radius 3 is 2.67 bits per heavy atom. The number of nitrogens with zero attached hydrogens (tertiary/aromatic N) is 1. The third kappa shape index (κ3) is 2.17. The number of quaternary nitrogens is 1. The van der Waals surface area contributed by atoms with Gasteiger partial charge in [-0.25, -0.2) is 0 Å². The van der Waals surface area contributed by atoms with Gasteiger partial charge in [0.1, 0.15) is 0 Å². The van der Waals surface area contributed by atoms with Gasteiger partial charge in [-0.2, -0.15) is 0 Å². The lowest BCUT2D eigenvalue weighted by atomic mass is 9.88. The number of pyridine rings is 1. The van der Waals surface area contributed by atoms with Crippen molar-refractivity contribution < 1.29 is 4.90 Å². The smallest absolute Gasteiger partial charge is 0.188 e. The first-order valence-electron chi connectivity index (χ1n) is 9.60. The van der Waals surface area contributed by atoms with Crippen molar-refractivity contribution in [2.45, 2.75) is 18.6 Å². The second kappa shape index (κ2) is 5.69. The molecule has 4 heteroatoms. The van der Waals surface area contributed by atoms with Gasteiger partial charge < -0.3 is 15.2 Å². The number of H-pyrrole nitrogens is 1. The first-order chi connectivity index (χ1) is 13.4. The molecule has 2 aromatic carbocycles. The van der Waals surface area contributed by atoms with Gasteiger partial charge in [0.05, 0.1) is 12.2 Å². The Hall–Kier alpha value is -3.11. The molecule has 4 heterocycles. The first-order valence-corrected chi connectivity index (χ1v) is 9.60. The number of aromatic nitrogens is 2. The number of nitrogens with one attached hydrogen (secondary N) is 3. The molecule has 2 aliphatic heterocycles. The van der Waals surface area contributed by atoms with Crippen LogP contribution in [0.25, 0.3) is 10.9 Å². The third-order valence-electron chi connectivity index (χ3n) is 6.15. The number of para-hydroxylation sites is 2. The monoisotopic (exact) mass is 353 g/mol. The molecule has 4 nitrogen and oxygen atoms in total. The average Bonchev–Trinajstić information content (AvgIpc) is 3.12. The largest absolute Gasteiger partial charge is 0.353 e. The van der Waals surface area contributed by atoms with Crippen LogP contribution in [0.4, 0.5) is 5.69 Å². The molecule has 0 saturated heterocycles. The van der Waals surface area contributed by atoms with Crippen molar-refractivity contribution in [2.75, 3.05) is 11.9 Å². The molecule has 132 valence electrons. The van der Waals surface area contributed by atoms with E-state index in [0.717, 1.165) is 13.0 Å². The summed E-state index contributed by atoms with van der Waals surface area (Å²) >= 11 is 0. The minimum Gasteiger partial charge on any atom is -0.353 e. The highest BCUT2D eigenvalue weighted by atomic mass is 15.3. The Bertz CT molecular complexity index is 1130. The van der Waals surface area contributed by atoms with Crippen LogP contribution in [0.5, 0.6) is 0 Å². The summed E-state index contributed by atoms with van der Waals surface area (Å²) in [6.07, 6.45) is 5.11. The molecule has 0 radical (unpaired) electrons. The van der Waals surface area contributed by atoms with E-state index in [0.29, 0.717) is 6.04 Å². The average molecular weight is 353 g/mol. The summed E-state index contributed by atoms with van der Waals surface area (Å²) in [5.74, 6) is 0. The van der Waals surface area contributed by atoms with Crippen molar-refractivity contribution in [1.82, 2.24) is 9.97 Å². The number of anilines is 1. The minimum absolute atomic E-state index is 0.229. The van der Waals surface area contributed by atoms with Crippen molar-refractivity contribution in [1.29, 1.82) is 0 Å². The van der Waals surface area contributed by atoms with Crippen LogP contribution in [-0.2, 0) is 6.42 Å². The molecule has 2 aliphatic rings. The molecule has 2 aromatic heterocycles. The van der Waals surface area contributed by atoms with E-state index in [4.69, 9.17) is 0 Å². The molecule has 0 fully saturated rings. The summed E-state index contributed by atoms with van der Waals surface area (Å²) in [5.41, 5.74) is 8.03. The molecule has 0 amide bonds. The van der Waals surface area contributed by atoms with E-state index in [1.165, 1.54) is 39.0 Å². The lowest BCUT2D eigenvalue weighted by molar-refractivity contribution is -0.956. The zero-order chi connectivity index (χ0) is 17.8. The van der Waals surface area contributed by atoms with Crippen LogP contribution in [-0.4, -0.2) is 16.5 Å². The molecule has 0 aliphatic carbocycles. The highest BCUT2D eigenvalue weighted by molar-refractivity contribution is 5.85. The topological polar surface area (TPSA) is 45.2 Å². The Kier molecular flexibility index (Phi) is 3.16. The predicted molar refractivity (Wildman–Crippen MR) is 107 cm³/mol. The van der Waals surface area contributed by atoms with Gasteiger partial charge in [-0.05, 0) is 29.8 Å². The van der Waals surface area contributed by atoms with E-state index >= 15 is 0 Å². The molecule has 27 heavy (non-hydrogen) atoms. The van der Waals surface area contributed by atoms with E-state index in [1.807, 2.05) is 12.4 Å². The molecular formula is C23H21N4+. The molecule has 4 aromatic rings. The van der Waals surface area contributed by atoms with Crippen LogP contribution < -0.4 is 10.2 Å². The second-order valence-corrected chi connectivity index (χ2v) is 7.52. The van der Waals surface area contributed by atoms with Gasteiger partial charge in [-0.1, -0.05) is 36.4 Å². The maximum atomic E-state index is 4.21. The van der Waals surface area contributed by atoms with Crippen molar-refractivity contribution in [2.24, 2.45) is 0 Å². The molecule has 0 bridgehead atoms. The van der Waals surface area contributed by atoms with Crippen LogP contribution >= 0.6 is 0 Å². The summed E-state index contributed by atoms with van der Waals surface area (Å²) in [5, 5.41) is 5.18. The summed E-state index contributed by atoms with van der Waals surface area (Å²) < 4.78 is 0. The van der Waals surface area contributed by atoms with Crippen LogP contribution in [0.15, 0.2) is 73.1 Å². The fraction of sp³-hybridized carbons (Fsp3) is 0.174. The highest BCUT2D eigenvalue weighted by Crippen LogP contribution is 2.38. The lowest BCUT2D eigenvalue weighted by Gasteiger charge is -2.43. The van der Waals surface area contributed by atoms with E-state index < -0.39 is 0 Å². The predicted octanol–water partition coefficient (Wildman–Crippen LogP) is 3.22. The van der Waals surface area contributed by atoms with E-state index in [9.17, 15) is 0 Å². The molecule has 0 spiro atoms. The lowest BCUT2D eigenvalue weighted by Crippen LogP contribution is -3.15. The SMILES string of the molecule is c1ccc2c(c1)N[C@@H](c1ccncc1)[NH+]1CCc3c([nH]c4ccccc34)[C@@H]21. The standard InChI is InChI=1S/C23H20N4/c1-3-7-19-16(5-1)17-11-14-27-22(21(17)25-19)18-6-2-4-8-20(18)26-23(27)15-9-12-24-13-10-15/h1-10,12-13,22-23,25-26H,11,14H2/p+1/t22-,23-/m1/s1. The number of aromatic amines is 1. The van der Waals surface area contributed by atoms with Gasteiger partial charge in [0.15, 0.2) is 12.2 Å². The van der Waals surface area contributed by atoms with Gasteiger partial charge in [-0.15, -0.1) is 0 Å². The van der Waals surface area contributed by atoms with Gasteiger partial charge in [0, 0.05) is 46.5 Å². The molecule has 6 rings (SSSR count). The summed E-state index contributed by atoms with van der Waals surface area (Å²) in [4.78, 5) is 9.53.